The van der Waals surface area contributed by atoms with E-state index in [4.69, 9.17) is 13.8 Å². The van der Waals surface area contributed by atoms with Crippen LogP contribution >= 0.6 is 7.82 Å². The molecule has 8 heteroatoms. The van der Waals surface area contributed by atoms with Crippen LogP contribution in [0.4, 0.5) is 0 Å². The van der Waals surface area contributed by atoms with E-state index in [1.165, 1.54) is 0 Å². The molecule has 2 aromatic rings. The highest BCUT2D eigenvalue weighted by Crippen LogP contribution is 2.45. The monoisotopic (exact) mass is 370 g/mol. The summed E-state index contributed by atoms with van der Waals surface area (Å²) in [6, 6.07) is 5.75. The Morgan fingerprint density at radius 1 is 1.32 bits per heavy atom. The van der Waals surface area contributed by atoms with E-state index >= 15 is 0 Å². The number of phosphoric ester groups is 1. The summed E-state index contributed by atoms with van der Waals surface area (Å²) >= 11 is 0. The van der Waals surface area contributed by atoms with Crippen LogP contribution in [-0.4, -0.2) is 48.2 Å². The molecule has 0 saturated carbocycles. The molecule has 1 unspecified atom stereocenters. The lowest BCUT2D eigenvalue weighted by Gasteiger charge is -2.15. The molecule has 1 heterocycles. The summed E-state index contributed by atoms with van der Waals surface area (Å²) in [5, 5.41) is 1.04. The number of rotatable bonds is 9. The molecule has 0 spiro atoms. The van der Waals surface area contributed by atoms with Gasteiger partial charge >= 0.3 is 7.82 Å². The number of aromatic nitrogens is 1. The minimum Gasteiger partial charge on any atom is -0.497 e. The number of ether oxygens (including phenoxy) is 1. The lowest BCUT2D eigenvalue weighted by atomic mass is 10.1. The fraction of sp³-hybridized carbons (Fsp3) is 0.529. The van der Waals surface area contributed by atoms with E-state index in [-0.39, 0.29) is 6.73 Å². The first-order valence-electron chi connectivity index (χ1n) is 8.18. The van der Waals surface area contributed by atoms with E-state index in [1.807, 2.05) is 43.1 Å². The number of likely N-dealkylation sites (N-methyl/N-ethyl adjacent to an activating group) is 1. The molecule has 140 valence electrons. The minimum atomic E-state index is -4.08. The van der Waals surface area contributed by atoms with Crippen molar-refractivity contribution in [2.45, 2.75) is 33.1 Å². The van der Waals surface area contributed by atoms with Crippen molar-refractivity contribution in [3.8, 4) is 5.75 Å². The Morgan fingerprint density at radius 2 is 2.04 bits per heavy atom. The highest BCUT2D eigenvalue weighted by atomic mass is 31.2. The third-order valence-electron chi connectivity index (χ3n) is 3.70. The number of methoxy groups -OCH3 is 1. The van der Waals surface area contributed by atoms with E-state index < -0.39 is 13.9 Å². The molecule has 0 fully saturated rings. The minimum absolute atomic E-state index is 0.0642. The van der Waals surface area contributed by atoms with Gasteiger partial charge < -0.3 is 19.1 Å². The zero-order valence-electron chi connectivity index (χ0n) is 15.4. The zero-order chi connectivity index (χ0) is 18.6. The first-order chi connectivity index (χ1) is 11.7. The number of phosphoric acid groups is 1. The maximum atomic E-state index is 11.9. The normalized spacial score (nSPS) is 14.4. The van der Waals surface area contributed by atoms with Gasteiger partial charge in [-0.05, 0) is 58.1 Å². The maximum Gasteiger partial charge on any atom is 0.474 e. The van der Waals surface area contributed by atoms with Gasteiger partial charge in [-0.15, -0.1) is 0 Å². The van der Waals surface area contributed by atoms with Gasteiger partial charge in [0.05, 0.1) is 18.7 Å². The van der Waals surface area contributed by atoms with Crippen LogP contribution in [0.3, 0.4) is 0 Å². The fourth-order valence-electron chi connectivity index (χ4n) is 2.56. The molecule has 0 aliphatic rings. The smallest absolute Gasteiger partial charge is 0.474 e. The second kappa shape index (κ2) is 8.34. The average molecular weight is 370 g/mol. The predicted molar refractivity (Wildman–Crippen MR) is 97.9 cm³/mol. The number of hydrogen-bond acceptors (Lipinski definition) is 5. The molecule has 0 saturated heterocycles. The number of hydrogen-bond donors (Lipinski definition) is 1. The van der Waals surface area contributed by atoms with E-state index in [1.54, 1.807) is 21.0 Å². The summed E-state index contributed by atoms with van der Waals surface area (Å²) < 4.78 is 29.1. The van der Waals surface area contributed by atoms with Crippen LogP contribution in [0, 0.1) is 0 Å². The summed E-state index contributed by atoms with van der Waals surface area (Å²) in [5.74, 6) is 0.772. The van der Waals surface area contributed by atoms with Gasteiger partial charge in [0.15, 0.2) is 0 Å². The Kier molecular flexibility index (Phi) is 6.65. The van der Waals surface area contributed by atoms with Gasteiger partial charge in [-0.2, -0.15) is 0 Å². The quantitative estimate of drug-likeness (QED) is 0.683. The van der Waals surface area contributed by atoms with Crippen molar-refractivity contribution in [2.75, 3.05) is 27.7 Å². The highest BCUT2D eigenvalue weighted by Gasteiger charge is 2.23. The summed E-state index contributed by atoms with van der Waals surface area (Å²) in [5.41, 5.74) is 2.04. The molecule has 1 aromatic carbocycles. The second-order valence-corrected chi connectivity index (χ2v) is 7.85. The van der Waals surface area contributed by atoms with Crippen LogP contribution in [-0.2, 0) is 26.8 Å². The molecular formula is C17H27N2O5P. The molecule has 0 aliphatic heterocycles. The number of nitrogens with zero attached hydrogens (tertiary/aromatic N) is 2. The number of benzene rings is 1. The SMILES string of the molecule is COc1ccc2c(c1)c(CCN(C)C)cn2COP(=O)(O)OC(C)C. The topological polar surface area (TPSA) is 73.2 Å². The van der Waals surface area contributed by atoms with E-state index in [2.05, 4.69) is 4.90 Å². The predicted octanol–water partition coefficient (Wildman–Crippen LogP) is 3.25. The summed E-state index contributed by atoms with van der Waals surface area (Å²) in [7, 11) is 1.59. The van der Waals surface area contributed by atoms with Gasteiger partial charge in [0.25, 0.3) is 0 Å². The third-order valence-corrected chi connectivity index (χ3v) is 4.83. The maximum absolute atomic E-state index is 11.9. The van der Waals surface area contributed by atoms with Gasteiger partial charge in [0.2, 0.25) is 0 Å². The molecule has 1 atom stereocenters. The van der Waals surface area contributed by atoms with Gasteiger partial charge in [0.1, 0.15) is 12.5 Å². The van der Waals surface area contributed by atoms with Crippen molar-refractivity contribution in [3.63, 3.8) is 0 Å². The Labute approximate surface area is 148 Å². The molecule has 25 heavy (non-hydrogen) atoms. The van der Waals surface area contributed by atoms with Crippen LogP contribution in [0.2, 0.25) is 0 Å². The Morgan fingerprint density at radius 3 is 2.64 bits per heavy atom. The fourth-order valence-corrected chi connectivity index (χ4v) is 3.42. The lowest BCUT2D eigenvalue weighted by Crippen LogP contribution is -2.14. The molecular weight excluding hydrogens is 343 g/mol. The van der Waals surface area contributed by atoms with Crippen molar-refractivity contribution in [2.24, 2.45) is 0 Å². The van der Waals surface area contributed by atoms with Crippen LogP contribution in [0.25, 0.3) is 10.9 Å². The van der Waals surface area contributed by atoms with Crippen molar-refractivity contribution in [1.82, 2.24) is 9.47 Å². The summed E-state index contributed by atoms with van der Waals surface area (Å²) in [6.07, 6.45) is 2.41. The molecule has 1 aromatic heterocycles. The van der Waals surface area contributed by atoms with Gasteiger partial charge in [-0.25, -0.2) is 4.57 Å². The van der Waals surface area contributed by atoms with Crippen molar-refractivity contribution in [3.05, 3.63) is 30.0 Å². The van der Waals surface area contributed by atoms with Crippen molar-refractivity contribution >= 4 is 18.7 Å². The zero-order valence-corrected chi connectivity index (χ0v) is 16.3. The Bertz CT molecular complexity index is 757. The molecule has 7 nitrogen and oxygen atoms in total. The molecule has 0 bridgehead atoms. The Hall–Kier alpha value is -1.37. The summed E-state index contributed by atoms with van der Waals surface area (Å²) in [6.45, 7) is 4.20. The standard InChI is InChI=1S/C17H27N2O5P/c1-13(2)24-25(20,21)23-12-19-11-14(8-9-18(3)4)16-10-15(22-5)6-7-17(16)19/h6-7,10-11,13H,8-9,12H2,1-5H3,(H,20,21). The largest absolute Gasteiger partial charge is 0.497 e. The number of fused-ring (bicyclic) bond motifs is 1. The van der Waals surface area contributed by atoms with E-state index in [9.17, 15) is 9.46 Å². The molecule has 0 amide bonds. The van der Waals surface area contributed by atoms with Crippen LogP contribution in [0.1, 0.15) is 19.4 Å². The van der Waals surface area contributed by atoms with Gasteiger partial charge in [-0.1, -0.05) is 0 Å². The third kappa shape index (κ3) is 5.56. The Balaban J connectivity index is 2.28. The molecule has 1 N–H and O–H groups in total. The van der Waals surface area contributed by atoms with E-state index in [0.29, 0.717) is 0 Å². The summed E-state index contributed by atoms with van der Waals surface area (Å²) in [4.78, 5) is 11.9. The molecule has 2 rings (SSSR count). The lowest BCUT2D eigenvalue weighted by molar-refractivity contribution is 0.0986. The highest BCUT2D eigenvalue weighted by molar-refractivity contribution is 7.47. The van der Waals surface area contributed by atoms with Crippen LogP contribution in [0.15, 0.2) is 24.4 Å². The van der Waals surface area contributed by atoms with E-state index in [0.717, 1.165) is 35.2 Å². The second-order valence-electron chi connectivity index (χ2n) is 6.44. The molecule has 0 radical (unpaired) electrons. The first-order valence-corrected chi connectivity index (χ1v) is 9.67. The van der Waals surface area contributed by atoms with Crippen molar-refractivity contribution < 1.29 is 23.2 Å². The van der Waals surface area contributed by atoms with Crippen LogP contribution < -0.4 is 4.74 Å². The first kappa shape index (κ1) is 19.9. The molecule has 0 aliphatic carbocycles. The van der Waals surface area contributed by atoms with Gasteiger partial charge in [0, 0.05) is 18.1 Å². The van der Waals surface area contributed by atoms with Crippen LogP contribution in [0.5, 0.6) is 5.75 Å². The van der Waals surface area contributed by atoms with Crippen molar-refractivity contribution in [1.29, 1.82) is 0 Å². The van der Waals surface area contributed by atoms with Gasteiger partial charge in [-0.3, -0.25) is 9.05 Å². The average Bonchev–Trinajstić information content (AvgIpc) is 2.87.